The Morgan fingerprint density at radius 2 is 2.15 bits per heavy atom. The standard InChI is InChI=1S/C19H20N6O2/c1-4-15(26)24-8-13(9-24)25-19-16(18(20)21-10-22-19)17(23-25)12-6-5-11(2)14(7-12)27-3/h4-7,10,13H,1,8-9H2,2-3H3,(H2,20,21,22). The van der Waals surface area contributed by atoms with Crippen molar-refractivity contribution in [2.75, 3.05) is 25.9 Å². The Labute approximate surface area is 156 Å². The first-order valence-electron chi connectivity index (χ1n) is 8.58. The zero-order valence-electron chi connectivity index (χ0n) is 15.2. The number of amides is 1. The summed E-state index contributed by atoms with van der Waals surface area (Å²) in [7, 11) is 1.64. The van der Waals surface area contributed by atoms with E-state index in [-0.39, 0.29) is 11.9 Å². The maximum atomic E-state index is 11.7. The van der Waals surface area contributed by atoms with Crippen LogP contribution in [0, 0.1) is 6.92 Å². The number of hydrogen-bond donors (Lipinski definition) is 1. The molecule has 0 saturated carbocycles. The summed E-state index contributed by atoms with van der Waals surface area (Å²) in [5.41, 5.74) is 9.42. The monoisotopic (exact) mass is 364 g/mol. The van der Waals surface area contributed by atoms with Gasteiger partial charge in [-0.15, -0.1) is 0 Å². The van der Waals surface area contributed by atoms with Crippen LogP contribution in [0.3, 0.4) is 0 Å². The third-order valence-corrected chi connectivity index (χ3v) is 4.89. The number of aryl methyl sites for hydroxylation is 1. The minimum absolute atomic E-state index is 0.0341. The molecule has 0 bridgehead atoms. The van der Waals surface area contributed by atoms with Crippen molar-refractivity contribution < 1.29 is 9.53 Å². The lowest BCUT2D eigenvalue weighted by Crippen LogP contribution is -2.50. The lowest BCUT2D eigenvalue weighted by Gasteiger charge is -2.38. The molecule has 1 aliphatic heterocycles. The molecule has 0 spiro atoms. The summed E-state index contributed by atoms with van der Waals surface area (Å²) < 4.78 is 7.27. The van der Waals surface area contributed by atoms with Gasteiger partial charge >= 0.3 is 0 Å². The predicted octanol–water partition coefficient (Wildman–Crippen LogP) is 1.96. The summed E-state index contributed by atoms with van der Waals surface area (Å²) in [5, 5.41) is 5.49. The molecule has 1 saturated heterocycles. The molecule has 1 fully saturated rings. The SMILES string of the molecule is C=CC(=O)N1CC(n2nc(-c3ccc(C)c(OC)c3)c3c(N)ncnc32)C1. The van der Waals surface area contributed by atoms with Crippen LogP contribution in [0.25, 0.3) is 22.3 Å². The van der Waals surface area contributed by atoms with Crippen molar-refractivity contribution in [3.05, 3.63) is 42.7 Å². The zero-order valence-corrected chi connectivity index (χ0v) is 15.2. The fraction of sp³-hybridized carbons (Fsp3) is 0.263. The second kappa shape index (κ2) is 6.39. The van der Waals surface area contributed by atoms with E-state index in [1.165, 1.54) is 12.4 Å². The van der Waals surface area contributed by atoms with Gasteiger partial charge < -0.3 is 15.4 Å². The predicted molar refractivity (Wildman–Crippen MR) is 102 cm³/mol. The third kappa shape index (κ3) is 2.69. The van der Waals surface area contributed by atoms with Crippen molar-refractivity contribution in [3.8, 4) is 17.0 Å². The quantitative estimate of drug-likeness (QED) is 0.711. The van der Waals surface area contributed by atoms with Gasteiger partial charge in [-0.1, -0.05) is 18.7 Å². The normalized spacial score (nSPS) is 14.2. The zero-order chi connectivity index (χ0) is 19.1. The number of rotatable bonds is 4. The molecule has 0 unspecified atom stereocenters. The highest BCUT2D eigenvalue weighted by molar-refractivity contribution is 5.98. The molecule has 1 aromatic carbocycles. The molecule has 0 atom stereocenters. The van der Waals surface area contributed by atoms with Crippen molar-refractivity contribution in [2.45, 2.75) is 13.0 Å². The Balaban J connectivity index is 1.81. The van der Waals surface area contributed by atoms with Crippen molar-refractivity contribution in [1.29, 1.82) is 0 Å². The second-order valence-electron chi connectivity index (χ2n) is 6.54. The minimum atomic E-state index is -0.0830. The highest BCUT2D eigenvalue weighted by atomic mass is 16.5. The molecule has 138 valence electrons. The van der Waals surface area contributed by atoms with Gasteiger partial charge in [0.25, 0.3) is 0 Å². The number of aromatic nitrogens is 4. The van der Waals surface area contributed by atoms with Gasteiger partial charge in [-0.05, 0) is 24.6 Å². The molecule has 0 aliphatic carbocycles. The number of carbonyl (C=O) groups excluding carboxylic acids is 1. The van der Waals surface area contributed by atoms with E-state index in [1.54, 1.807) is 12.0 Å². The van der Waals surface area contributed by atoms with E-state index in [1.807, 2.05) is 29.8 Å². The lowest BCUT2D eigenvalue weighted by molar-refractivity contribution is -0.131. The molecule has 2 N–H and O–H groups in total. The Kier molecular flexibility index (Phi) is 4.02. The van der Waals surface area contributed by atoms with E-state index in [0.29, 0.717) is 35.6 Å². The number of ether oxygens (including phenoxy) is 1. The summed E-state index contributed by atoms with van der Waals surface area (Å²) in [6, 6.07) is 5.92. The summed E-state index contributed by atoms with van der Waals surface area (Å²) in [4.78, 5) is 22.0. The number of nitrogens with zero attached hydrogens (tertiary/aromatic N) is 5. The molecule has 8 heteroatoms. The number of methoxy groups -OCH3 is 1. The van der Waals surface area contributed by atoms with Gasteiger partial charge in [0.15, 0.2) is 5.65 Å². The molecule has 1 amide bonds. The van der Waals surface area contributed by atoms with Gasteiger partial charge in [-0.25, -0.2) is 14.6 Å². The van der Waals surface area contributed by atoms with Crippen LogP contribution < -0.4 is 10.5 Å². The topological polar surface area (TPSA) is 99.2 Å². The highest BCUT2D eigenvalue weighted by Gasteiger charge is 2.33. The summed E-state index contributed by atoms with van der Waals surface area (Å²) in [6.45, 7) is 6.63. The Bertz CT molecular complexity index is 1050. The molecule has 27 heavy (non-hydrogen) atoms. The Morgan fingerprint density at radius 1 is 1.37 bits per heavy atom. The van der Waals surface area contributed by atoms with Crippen LogP contribution in [0.5, 0.6) is 5.75 Å². The van der Waals surface area contributed by atoms with E-state index in [4.69, 9.17) is 15.6 Å². The van der Waals surface area contributed by atoms with Crippen LogP contribution in [0.2, 0.25) is 0 Å². The highest BCUT2D eigenvalue weighted by Crippen LogP contribution is 2.35. The third-order valence-electron chi connectivity index (χ3n) is 4.89. The maximum absolute atomic E-state index is 11.7. The van der Waals surface area contributed by atoms with Crippen LogP contribution in [0.4, 0.5) is 5.82 Å². The number of carbonyl (C=O) groups is 1. The smallest absolute Gasteiger partial charge is 0.246 e. The first-order chi connectivity index (χ1) is 13.0. The van der Waals surface area contributed by atoms with Crippen molar-refractivity contribution >= 4 is 22.8 Å². The van der Waals surface area contributed by atoms with Crippen LogP contribution in [0.1, 0.15) is 11.6 Å². The Hall–Kier alpha value is -3.42. The first kappa shape index (κ1) is 17.0. The average molecular weight is 364 g/mol. The van der Waals surface area contributed by atoms with E-state index >= 15 is 0 Å². The van der Waals surface area contributed by atoms with Gasteiger partial charge in [0, 0.05) is 18.7 Å². The van der Waals surface area contributed by atoms with Gasteiger partial charge in [-0.2, -0.15) is 5.10 Å². The van der Waals surface area contributed by atoms with E-state index in [2.05, 4.69) is 16.5 Å². The van der Waals surface area contributed by atoms with E-state index in [9.17, 15) is 4.79 Å². The van der Waals surface area contributed by atoms with Gasteiger partial charge in [0.2, 0.25) is 5.91 Å². The number of hydrogen-bond acceptors (Lipinski definition) is 6. The van der Waals surface area contributed by atoms with Gasteiger partial charge in [0.05, 0.1) is 18.5 Å². The average Bonchev–Trinajstić information content (AvgIpc) is 3.01. The lowest BCUT2D eigenvalue weighted by atomic mass is 10.1. The van der Waals surface area contributed by atoms with Crippen LogP contribution in [-0.4, -0.2) is 50.8 Å². The number of nitrogen functional groups attached to an aromatic ring is 1. The molecule has 4 rings (SSSR count). The Morgan fingerprint density at radius 3 is 2.85 bits per heavy atom. The number of anilines is 1. The first-order valence-corrected chi connectivity index (χ1v) is 8.58. The second-order valence-corrected chi connectivity index (χ2v) is 6.54. The summed E-state index contributed by atoms with van der Waals surface area (Å²) >= 11 is 0. The van der Waals surface area contributed by atoms with Crippen LogP contribution >= 0.6 is 0 Å². The van der Waals surface area contributed by atoms with Crippen molar-refractivity contribution in [3.63, 3.8) is 0 Å². The number of benzene rings is 1. The van der Waals surface area contributed by atoms with E-state index in [0.717, 1.165) is 16.9 Å². The van der Waals surface area contributed by atoms with Crippen molar-refractivity contribution in [2.24, 2.45) is 0 Å². The number of fused-ring (bicyclic) bond motifs is 1. The number of nitrogens with two attached hydrogens (primary N) is 1. The fourth-order valence-corrected chi connectivity index (χ4v) is 3.34. The summed E-state index contributed by atoms with van der Waals surface area (Å²) in [6.07, 6.45) is 2.75. The molecular weight excluding hydrogens is 344 g/mol. The summed E-state index contributed by atoms with van der Waals surface area (Å²) in [5.74, 6) is 1.07. The molecule has 3 heterocycles. The maximum Gasteiger partial charge on any atom is 0.246 e. The fourth-order valence-electron chi connectivity index (χ4n) is 3.34. The van der Waals surface area contributed by atoms with E-state index < -0.39 is 0 Å². The van der Waals surface area contributed by atoms with Gasteiger partial charge in [0.1, 0.15) is 23.6 Å². The minimum Gasteiger partial charge on any atom is -0.496 e. The molecule has 1 aliphatic rings. The largest absolute Gasteiger partial charge is 0.496 e. The molecule has 0 radical (unpaired) electrons. The van der Waals surface area contributed by atoms with Crippen molar-refractivity contribution in [1.82, 2.24) is 24.6 Å². The molecule has 2 aromatic heterocycles. The van der Waals surface area contributed by atoms with Gasteiger partial charge in [-0.3, -0.25) is 4.79 Å². The van der Waals surface area contributed by atoms with Crippen LogP contribution in [0.15, 0.2) is 37.2 Å². The number of likely N-dealkylation sites (tertiary alicyclic amines) is 1. The molecular formula is C19H20N6O2. The molecule has 3 aromatic rings. The molecule has 8 nitrogen and oxygen atoms in total. The van der Waals surface area contributed by atoms with Crippen LogP contribution in [-0.2, 0) is 4.79 Å².